The van der Waals surface area contributed by atoms with Crippen LogP contribution >= 0.6 is 11.6 Å². The number of carbonyl (C=O) groups excluding carboxylic acids is 2. The van der Waals surface area contributed by atoms with Crippen LogP contribution in [0.1, 0.15) is 22.9 Å². The summed E-state index contributed by atoms with van der Waals surface area (Å²) in [4.78, 5) is 37.8. The normalized spacial score (nSPS) is 17.4. The fourth-order valence-electron chi connectivity index (χ4n) is 3.63. The van der Waals surface area contributed by atoms with Crippen molar-refractivity contribution < 1.29 is 28.9 Å². The van der Waals surface area contributed by atoms with E-state index in [1.54, 1.807) is 6.92 Å². The van der Waals surface area contributed by atoms with Crippen LogP contribution in [0.25, 0.3) is 5.76 Å². The molecule has 1 amide bonds. The van der Waals surface area contributed by atoms with E-state index in [4.69, 9.17) is 20.9 Å². The van der Waals surface area contributed by atoms with Crippen LogP contribution in [0.4, 0.5) is 11.5 Å². The summed E-state index contributed by atoms with van der Waals surface area (Å²) >= 11 is 6.16. The average Bonchev–Trinajstić information content (AvgIpc) is 3.34. The lowest BCUT2D eigenvalue weighted by Crippen LogP contribution is -2.29. The number of methoxy groups -OCH3 is 1. The molecule has 2 aromatic carbocycles. The topological polar surface area (TPSA) is 136 Å². The van der Waals surface area contributed by atoms with Gasteiger partial charge in [0.05, 0.1) is 28.7 Å². The molecule has 11 heteroatoms. The Morgan fingerprint density at radius 3 is 2.61 bits per heavy atom. The van der Waals surface area contributed by atoms with Crippen molar-refractivity contribution in [3.8, 4) is 5.75 Å². The van der Waals surface area contributed by atoms with Crippen molar-refractivity contribution >= 4 is 40.6 Å². The number of carbonyl (C=O) groups is 2. The Balaban J connectivity index is 1.96. The molecule has 168 valence electrons. The van der Waals surface area contributed by atoms with E-state index >= 15 is 0 Å². The van der Waals surface area contributed by atoms with Crippen LogP contribution in [0.3, 0.4) is 0 Å². The molecule has 1 aromatic heterocycles. The third-order valence-corrected chi connectivity index (χ3v) is 5.42. The molecule has 1 aliphatic heterocycles. The van der Waals surface area contributed by atoms with Crippen molar-refractivity contribution in [2.45, 2.75) is 13.0 Å². The second-order valence-electron chi connectivity index (χ2n) is 7.17. The monoisotopic (exact) mass is 469 g/mol. The van der Waals surface area contributed by atoms with Gasteiger partial charge >= 0.3 is 5.91 Å². The van der Waals surface area contributed by atoms with Gasteiger partial charge in [0.2, 0.25) is 0 Å². The molecule has 0 saturated carbocycles. The maximum atomic E-state index is 13.1. The fraction of sp³-hybridized carbons (Fsp3) is 0.136. The Labute approximate surface area is 191 Å². The number of aryl methyl sites for hydroxylation is 1. The largest absolute Gasteiger partial charge is 0.507 e. The smallest absolute Gasteiger partial charge is 0.301 e. The fourth-order valence-corrected chi connectivity index (χ4v) is 3.89. The third-order valence-electron chi connectivity index (χ3n) is 5.13. The van der Waals surface area contributed by atoms with Crippen LogP contribution in [-0.4, -0.2) is 34.0 Å². The van der Waals surface area contributed by atoms with Gasteiger partial charge < -0.3 is 14.4 Å². The van der Waals surface area contributed by atoms with Crippen LogP contribution in [0.5, 0.6) is 5.75 Å². The molecular weight excluding hydrogens is 454 g/mol. The molecule has 1 N–H and O–H groups in total. The van der Waals surface area contributed by atoms with Crippen molar-refractivity contribution in [2.24, 2.45) is 0 Å². The Kier molecular flexibility index (Phi) is 5.60. The second-order valence-corrected chi connectivity index (χ2v) is 7.57. The zero-order valence-corrected chi connectivity index (χ0v) is 18.1. The molecule has 0 spiro atoms. The maximum Gasteiger partial charge on any atom is 0.301 e. The minimum atomic E-state index is -1.20. The molecule has 0 radical (unpaired) electrons. The SMILES string of the molecule is COc1ccc(/C(O)=C2/C(=O)C(=O)N(c3cc(C)on3)C2c2cccc([N+](=O)[O-])c2)cc1Cl. The number of nitrogens with zero attached hydrogens (tertiary/aromatic N) is 3. The number of ether oxygens (including phenoxy) is 1. The second kappa shape index (κ2) is 8.40. The summed E-state index contributed by atoms with van der Waals surface area (Å²) in [6.07, 6.45) is 0. The van der Waals surface area contributed by atoms with E-state index in [1.165, 1.54) is 55.6 Å². The van der Waals surface area contributed by atoms with Crippen molar-refractivity contribution in [1.29, 1.82) is 0 Å². The molecule has 0 aliphatic carbocycles. The van der Waals surface area contributed by atoms with Gasteiger partial charge in [0.15, 0.2) is 5.82 Å². The Bertz CT molecular complexity index is 1330. The zero-order chi connectivity index (χ0) is 23.9. The van der Waals surface area contributed by atoms with Gasteiger partial charge in [-0.25, -0.2) is 0 Å². The number of non-ortho nitro benzene ring substituents is 1. The number of benzene rings is 2. The van der Waals surface area contributed by atoms with Crippen LogP contribution in [0.15, 0.2) is 58.6 Å². The highest BCUT2D eigenvalue weighted by molar-refractivity contribution is 6.51. The summed E-state index contributed by atoms with van der Waals surface area (Å²) in [5.41, 5.74) is -0.139. The predicted octanol–water partition coefficient (Wildman–Crippen LogP) is 4.18. The molecule has 4 rings (SSSR count). The Morgan fingerprint density at radius 1 is 1.24 bits per heavy atom. The number of ketones is 1. The molecule has 1 saturated heterocycles. The average molecular weight is 470 g/mol. The van der Waals surface area contributed by atoms with Crippen LogP contribution in [0, 0.1) is 17.0 Å². The lowest BCUT2D eigenvalue weighted by atomic mass is 9.95. The van der Waals surface area contributed by atoms with Gasteiger partial charge in [-0.05, 0) is 30.7 Å². The number of hydrogen-bond acceptors (Lipinski definition) is 8. The number of anilines is 1. The molecule has 2 heterocycles. The highest BCUT2D eigenvalue weighted by Crippen LogP contribution is 2.43. The van der Waals surface area contributed by atoms with E-state index in [0.29, 0.717) is 11.5 Å². The number of halogens is 1. The van der Waals surface area contributed by atoms with E-state index in [2.05, 4.69) is 5.16 Å². The Morgan fingerprint density at radius 2 is 2.00 bits per heavy atom. The van der Waals surface area contributed by atoms with Gasteiger partial charge in [0.25, 0.3) is 11.5 Å². The number of amides is 1. The van der Waals surface area contributed by atoms with E-state index < -0.39 is 28.4 Å². The van der Waals surface area contributed by atoms with E-state index in [9.17, 15) is 24.8 Å². The van der Waals surface area contributed by atoms with Crippen molar-refractivity contribution in [1.82, 2.24) is 5.16 Å². The van der Waals surface area contributed by atoms with Gasteiger partial charge in [0.1, 0.15) is 17.3 Å². The minimum absolute atomic E-state index is 0.0259. The number of Topliss-reactive ketones (excluding diaryl/α,β-unsaturated/α-hetero) is 1. The number of aromatic nitrogens is 1. The first kappa shape index (κ1) is 22.0. The van der Waals surface area contributed by atoms with Gasteiger partial charge in [-0.15, -0.1) is 0 Å². The zero-order valence-electron chi connectivity index (χ0n) is 17.3. The summed E-state index contributed by atoms with van der Waals surface area (Å²) in [6, 6.07) is 10.0. The third kappa shape index (κ3) is 3.80. The number of aliphatic hydroxyl groups excluding tert-OH is 1. The molecule has 10 nitrogen and oxygen atoms in total. The maximum absolute atomic E-state index is 13.1. The van der Waals surface area contributed by atoms with Crippen molar-refractivity contribution in [2.75, 3.05) is 12.0 Å². The number of nitro groups is 1. The molecule has 33 heavy (non-hydrogen) atoms. The molecule has 3 aromatic rings. The molecule has 1 fully saturated rings. The van der Waals surface area contributed by atoms with E-state index in [0.717, 1.165) is 4.90 Å². The number of nitro benzene ring substituents is 1. The molecular formula is C22H16ClN3O7. The van der Waals surface area contributed by atoms with Crippen molar-refractivity contribution in [3.05, 3.63) is 86.1 Å². The first-order valence-electron chi connectivity index (χ1n) is 9.55. The van der Waals surface area contributed by atoms with Gasteiger partial charge in [0, 0.05) is 23.8 Å². The summed E-state index contributed by atoms with van der Waals surface area (Å²) in [6.45, 7) is 1.61. The highest BCUT2D eigenvalue weighted by atomic mass is 35.5. The summed E-state index contributed by atoms with van der Waals surface area (Å²) in [5.74, 6) is -1.71. The van der Waals surface area contributed by atoms with E-state index in [-0.39, 0.29) is 33.2 Å². The lowest BCUT2D eigenvalue weighted by Gasteiger charge is -2.22. The number of hydrogen-bond donors (Lipinski definition) is 1. The molecule has 1 unspecified atom stereocenters. The quantitative estimate of drug-likeness (QED) is 0.193. The van der Waals surface area contributed by atoms with Gasteiger partial charge in [-0.1, -0.05) is 28.9 Å². The first-order valence-corrected chi connectivity index (χ1v) is 9.93. The Hall–Kier alpha value is -4.18. The van der Waals surface area contributed by atoms with Gasteiger partial charge in [-0.2, -0.15) is 0 Å². The summed E-state index contributed by atoms with van der Waals surface area (Å²) in [5, 5.41) is 26.4. The van der Waals surface area contributed by atoms with Crippen LogP contribution in [-0.2, 0) is 9.59 Å². The predicted molar refractivity (Wildman–Crippen MR) is 117 cm³/mol. The number of rotatable bonds is 5. The van der Waals surface area contributed by atoms with Gasteiger partial charge in [-0.3, -0.25) is 24.6 Å². The standard InChI is InChI=1S/C22H16ClN3O7/c1-11-8-17(24-33-11)25-19(12-4-3-5-14(9-12)26(30)31)18(21(28)22(25)29)20(27)13-6-7-16(32-2)15(23)10-13/h3-10,19,27H,1-2H3/b20-18-. The summed E-state index contributed by atoms with van der Waals surface area (Å²) in [7, 11) is 1.43. The summed E-state index contributed by atoms with van der Waals surface area (Å²) < 4.78 is 10.2. The molecule has 1 aliphatic rings. The number of aliphatic hydroxyl groups is 1. The molecule has 0 bridgehead atoms. The molecule has 1 atom stereocenters. The highest BCUT2D eigenvalue weighted by Gasteiger charge is 2.48. The minimum Gasteiger partial charge on any atom is -0.507 e. The van der Waals surface area contributed by atoms with Crippen molar-refractivity contribution in [3.63, 3.8) is 0 Å². The van der Waals surface area contributed by atoms with Crippen LogP contribution in [0.2, 0.25) is 5.02 Å². The van der Waals surface area contributed by atoms with E-state index in [1.807, 2.05) is 0 Å². The first-order chi connectivity index (χ1) is 15.7. The van der Waals surface area contributed by atoms with Crippen LogP contribution < -0.4 is 9.64 Å². The lowest BCUT2D eigenvalue weighted by molar-refractivity contribution is -0.384.